The third-order valence-corrected chi connectivity index (χ3v) is 5.41. The second kappa shape index (κ2) is 7.40. The highest BCUT2D eigenvalue weighted by atomic mass is 32.1. The molecule has 31 heavy (non-hydrogen) atoms. The van der Waals surface area contributed by atoms with Gasteiger partial charge in [-0.25, -0.2) is 23.4 Å². The highest BCUT2D eigenvalue weighted by Gasteiger charge is 2.21. The lowest BCUT2D eigenvalue weighted by molar-refractivity contribution is 0.101. The summed E-state index contributed by atoms with van der Waals surface area (Å²) in [6.45, 7) is 1.70. The van der Waals surface area contributed by atoms with Crippen molar-refractivity contribution in [3.8, 4) is 16.9 Å². The lowest BCUT2D eigenvalue weighted by Gasteiger charge is -2.05. The van der Waals surface area contributed by atoms with Gasteiger partial charge in [0.25, 0.3) is 5.91 Å². The Morgan fingerprint density at radius 1 is 1.00 bits per heavy atom. The molecule has 3 heterocycles. The van der Waals surface area contributed by atoms with Crippen LogP contribution in [0.1, 0.15) is 16.4 Å². The van der Waals surface area contributed by atoms with E-state index in [-0.39, 0.29) is 17.5 Å². The first-order chi connectivity index (χ1) is 15.0. The number of halogens is 2. The normalized spacial score (nSPS) is 11.2. The van der Waals surface area contributed by atoms with Crippen LogP contribution < -0.4 is 5.32 Å². The van der Waals surface area contributed by atoms with Crippen LogP contribution in [-0.2, 0) is 0 Å². The number of aromatic nitrogens is 5. The van der Waals surface area contributed by atoms with Gasteiger partial charge >= 0.3 is 0 Å². The van der Waals surface area contributed by atoms with Gasteiger partial charge in [0.1, 0.15) is 29.0 Å². The average Bonchev–Trinajstić information content (AvgIpc) is 3.45. The fourth-order valence-corrected chi connectivity index (χ4v) is 3.90. The van der Waals surface area contributed by atoms with Crippen molar-refractivity contribution in [2.24, 2.45) is 0 Å². The van der Waals surface area contributed by atoms with Crippen molar-refractivity contribution in [1.29, 1.82) is 0 Å². The van der Waals surface area contributed by atoms with Crippen molar-refractivity contribution in [3.05, 3.63) is 83.4 Å². The van der Waals surface area contributed by atoms with Gasteiger partial charge in [-0.3, -0.25) is 9.20 Å². The first-order valence-corrected chi connectivity index (χ1v) is 10.1. The van der Waals surface area contributed by atoms with Gasteiger partial charge in [-0.2, -0.15) is 0 Å². The summed E-state index contributed by atoms with van der Waals surface area (Å²) in [5.74, 6) is -0.389. The standard InChI is InChI=1S/C21H14F2N6OS/c1-12-24-18(27-29(12)16-8-6-15(23)7-9-16)20(30)26-19-17(13-2-4-14(22)5-3-13)25-21-28(19)10-11-31-21/h2-11H,1H3,(H,26,30). The second-order valence-corrected chi connectivity index (χ2v) is 7.57. The van der Waals surface area contributed by atoms with Crippen LogP contribution in [0.2, 0.25) is 0 Å². The highest BCUT2D eigenvalue weighted by molar-refractivity contribution is 7.15. The molecule has 1 N–H and O–H groups in total. The molecule has 5 aromatic rings. The number of anilines is 1. The van der Waals surface area contributed by atoms with E-state index in [1.807, 2.05) is 5.38 Å². The Morgan fingerprint density at radius 2 is 1.68 bits per heavy atom. The minimum Gasteiger partial charge on any atom is -0.303 e. The van der Waals surface area contributed by atoms with Gasteiger partial charge in [-0.1, -0.05) is 0 Å². The Balaban J connectivity index is 1.50. The third kappa shape index (κ3) is 3.46. The molecule has 3 aromatic heterocycles. The summed E-state index contributed by atoms with van der Waals surface area (Å²) < 4.78 is 29.8. The van der Waals surface area contributed by atoms with Crippen molar-refractivity contribution >= 4 is 28.0 Å². The SMILES string of the molecule is Cc1nc(C(=O)Nc2c(-c3ccc(F)cc3)nc3sccn23)nn1-c1ccc(F)cc1. The fraction of sp³-hybridized carbons (Fsp3) is 0.0476. The van der Waals surface area contributed by atoms with E-state index < -0.39 is 5.91 Å². The number of carbonyl (C=O) groups is 1. The molecule has 154 valence electrons. The highest BCUT2D eigenvalue weighted by Crippen LogP contribution is 2.31. The maximum Gasteiger partial charge on any atom is 0.296 e. The molecular formula is C21H14F2N6OS. The number of carbonyl (C=O) groups excluding carboxylic acids is 1. The van der Waals surface area contributed by atoms with Crippen molar-refractivity contribution in [3.63, 3.8) is 0 Å². The number of nitrogens with zero attached hydrogens (tertiary/aromatic N) is 5. The predicted molar refractivity (Wildman–Crippen MR) is 112 cm³/mol. The van der Waals surface area contributed by atoms with Crippen molar-refractivity contribution < 1.29 is 13.6 Å². The smallest absolute Gasteiger partial charge is 0.296 e. The second-order valence-electron chi connectivity index (χ2n) is 6.70. The van der Waals surface area contributed by atoms with Crippen LogP contribution in [0.3, 0.4) is 0 Å². The quantitative estimate of drug-likeness (QED) is 0.451. The minimum atomic E-state index is -0.527. The first-order valence-electron chi connectivity index (χ1n) is 9.22. The van der Waals surface area contributed by atoms with E-state index in [2.05, 4.69) is 20.4 Å². The van der Waals surface area contributed by atoms with Crippen LogP contribution in [0.15, 0.2) is 60.1 Å². The predicted octanol–water partition coefficient (Wildman–Crippen LogP) is 4.48. The molecule has 1 amide bonds. The van der Waals surface area contributed by atoms with E-state index in [1.54, 1.807) is 41.8 Å². The summed E-state index contributed by atoms with van der Waals surface area (Å²) in [6, 6.07) is 11.6. The van der Waals surface area contributed by atoms with E-state index in [4.69, 9.17) is 0 Å². The van der Waals surface area contributed by atoms with E-state index in [9.17, 15) is 13.6 Å². The van der Waals surface area contributed by atoms with Crippen LogP contribution in [-0.4, -0.2) is 30.1 Å². The van der Waals surface area contributed by atoms with Crippen molar-refractivity contribution in [2.45, 2.75) is 6.92 Å². The molecule has 0 radical (unpaired) electrons. The average molecular weight is 436 g/mol. The summed E-state index contributed by atoms with van der Waals surface area (Å²) in [7, 11) is 0. The van der Waals surface area contributed by atoms with Gasteiger partial charge in [0, 0.05) is 17.1 Å². The molecule has 0 saturated heterocycles. The van der Waals surface area contributed by atoms with E-state index in [0.717, 1.165) is 0 Å². The zero-order chi connectivity index (χ0) is 21.5. The first kappa shape index (κ1) is 19.1. The number of hydrogen-bond donors (Lipinski definition) is 1. The minimum absolute atomic E-state index is 0.0444. The molecule has 0 aliphatic carbocycles. The lowest BCUT2D eigenvalue weighted by atomic mass is 10.1. The maximum atomic E-state index is 13.3. The molecule has 0 unspecified atom stereocenters. The third-order valence-electron chi connectivity index (χ3n) is 4.65. The zero-order valence-electron chi connectivity index (χ0n) is 16.1. The molecule has 0 spiro atoms. The molecule has 0 saturated carbocycles. The summed E-state index contributed by atoms with van der Waals surface area (Å²) >= 11 is 1.41. The Kier molecular flexibility index (Phi) is 4.55. The van der Waals surface area contributed by atoms with Gasteiger partial charge in [0.05, 0.1) is 5.69 Å². The van der Waals surface area contributed by atoms with Crippen LogP contribution in [0.4, 0.5) is 14.6 Å². The van der Waals surface area contributed by atoms with E-state index in [0.29, 0.717) is 33.5 Å². The summed E-state index contributed by atoms with van der Waals surface area (Å²) in [4.78, 5) is 22.4. The Hall–Kier alpha value is -3.92. The summed E-state index contributed by atoms with van der Waals surface area (Å²) in [5, 5.41) is 8.94. The Morgan fingerprint density at radius 3 is 2.39 bits per heavy atom. The number of hydrogen-bond acceptors (Lipinski definition) is 5. The van der Waals surface area contributed by atoms with E-state index in [1.165, 1.54) is 40.3 Å². The number of amides is 1. The topological polar surface area (TPSA) is 77.1 Å². The Bertz CT molecular complexity index is 1400. The number of thiazole rings is 1. The van der Waals surface area contributed by atoms with Gasteiger partial charge in [0.2, 0.25) is 5.82 Å². The molecule has 2 aromatic carbocycles. The molecule has 0 fully saturated rings. The van der Waals surface area contributed by atoms with Crippen molar-refractivity contribution in [1.82, 2.24) is 24.1 Å². The number of benzene rings is 2. The molecule has 7 nitrogen and oxygen atoms in total. The molecule has 5 rings (SSSR count). The lowest BCUT2D eigenvalue weighted by Crippen LogP contribution is -2.16. The van der Waals surface area contributed by atoms with Gasteiger partial charge in [-0.05, 0) is 55.5 Å². The molecule has 0 bridgehead atoms. The van der Waals surface area contributed by atoms with E-state index >= 15 is 0 Å². The zero-order valence-corrected chi connectivity index (χ0v) is 16.9. The maximum absolute atomic E-state index is 13.3. The summed E-state index contributed by atoms with van der Waals surface area (Å²) in [6.07, 6.45) is 1.78. The number of rotatable bonds is 4. The molecular weight excluding hydrogens is 422 g/mol. The number of aryl methyl sites for hydroxylation is 1. The van der Waals surface area contributed by atoms with Gasteiger partial charge in [-0.15, -0.1) is 16.4 Å². The van der Waals surface area contributed by atoms with Gasteiger partial charge in [0.15, 0.2) is 4.96 Å². The molecule has 10 heteroatoms. The Labute approximate surface area is 178 Å². The van der Waals surface area contributed by atoms with Crippen LogP contribution in [0, 0.1) is 18.6 Å². The number of nitrogens with one attached hydrogen (secondary N) is 1. The fourth-order valence-electron chi connectivity index (χ4n) is 3.19. The molecule has 0 aliphatic rings. The van der Waals surface area contributed by atoms with Crippen LogP contribution in [0.25, 0.3) is 21.9 Å². The van der Waals surface area contributed by atoms with Crippen molar-refractivity contribution in [2.75, 3.05) is 5.32 Å². The number of fused-ring (bicyclic) bond motifs is 1. The number of imidazole rings is 1. The summed E-state index contributed by atoms with van der Waals surface area (Å²) in [5.41, 5.74) is 1.76. The molecule has 0 aliphatic heterocycles. The van der Waals surface area contributed by atoms with Gasteiger partial charge < -0.3 is 5.32 Å². The molecule has 0 atom stereocenters. The van der Waals surface area contributed by atoms with Crippen LogP contribution in [0.5, 0.6) is 0 Å². The largest absolute Gasteiger partial charge is 0.303 e. The monoisotopic (exact) mass is 436 g/mol. The van der Waals surface area contributed by atoms with Crippen LogP contribution >= 0.6 is 11.3 Å².